The smallest absolute Gasteiger partial charge is 0.144 e. The van der Waals surface area contributed by atoms with Gasteiger partial charge >= 0.3 is 0 Å². The Kier molecular flexibility index (Phi) is 4.53. The maximum atomic E-state index is 14.9. The summed E-state index contributed by atoms with van der Waals surface area (Å²) in [5.74, 6) is 0.345. The molecule has 0 saturated heterocycles. The summed E-state index contributed by atoms with van der Waals surface area (Å²) in [6.07, 6.45) is 2.67. The molecule has 3 aromatic carbocycles. The molecule has 0 bridgehead atoms. The molecule has 3 aromatic heterocycles. The summed E-state index contributed by atoms with van der Waals surface area (Å²) in [5.41, 5.74) is 7.09. The van der Waals surface area contributed by atoms with Crippen molar-refractivity contribution in [3.8, 4) is 11.3 Å². The Bertz CT molecular complexity index is 1710. The Morgan fingerprint density at radius 2 is 1.79 bits per heavy atom. The van der Waals surface area contributed by atoms with Crippen molar-refractivity contribution in [2.24, 2.45) is 5.92 Å². The largest absolute Gasteiger partial charge is 0.455 e. The van der Waals surface area contributed by atoms with Gasteiger partial charge in [-0.1, -0.05) is 26.0 Å². The van der Waals surface area contributed by atoms with Gasteiger partial charge in [0.15, 0.2) is 0 Å². The van der Waals surface area contributed by atoms with Crippen LogP contribution in [-0.4, -0.2) is 9.97 Å². The lowest BCUT2D eigenvalue weighted by atomic mass is 10.0. The molecule has 5 heteroatoms. The first-order chi connectivity index (χ1) is 15.9. The highest BCUT2D eigenvalue weighted by molar-refractivity contribution is 7.26. The second-order valence-corrected chi connectivity index (χ2v) is 10.4. The van der Waals surface area contributed by atoms with E-state index < -0.39 is 0 Å². The van der Waals surface area contributed by atoms with E-state index in [9.17, 15) is 4.39 Å². The fourth-order valence-corrected chi connectivity index (χ4v) is 6.04. The van der Waals surface area contributed by atoms with Crippen LogP contribution in [0, 0.1) is 25.6 Å². The Morgan fingerprint density at radius 3 is 2.61 bits per heavy atom. The van der Waals surface area contributed by atoms with E-state index in [1.807, 2.05) is 26.0 Å². The average molecular weight is 455 g/mol. The van der Waals surface area contributed by atoms with Crippen molar-refractivity contribution < 1.29 is 8.81 Å². The lowest BCUT2D eigenvalue weighted by Gasteiger charge is -2.05. The third-order valence-corrected chi connectivity index (χ3v) is 7.28. The number of hydrogen-bond donors (Lipinski definition) is 0. The van der Waals surface area contributed by atoms with Crippen LogP contribution in [0.15, 0.2) is 53.2 Å². The molecule has 0 amide bonds. The van der Waals surface area contributed by atoms with Gasteiger partial charge in [-0.3, -0.25) is 0 Å². The fourth-order valence-electron chi connectivity index (χ4n) is 4.82. The maximum Gasteiger partial charge on any atom is 0.144 e. The van der Waals surface area contributed by atoms with E-state index in [2.05, 4.69) is 43.1 Å². The van der Waals surface area contributed by atoms with Crippen molar-refractivity contribution in [1.82, 2.24) is 9.97 Å². The van der Waals surface area contributed by atoms with E-state index in [1.54, 1.807) is 23.7 Å². The third kappa shape index (κ3) is 3.22. The Labute approximate surface area is 194 Å². The van der Waals surface area contributed by atoms with Crippen molar-refractivity contribution in [3.63, 3.8) is 0 Å². The molecule has 6 rings (SSSR count). The number of hydrogen-bond acceptors (Lipinski definition) is 4. The number of aromatic nitrogens is 2. The molecule has 33 heavy (non-hydrogen) atoms. The quantitative estimate of drug-likeness (QED) is 0.270. The van der Waals surface area contributed by atoms with Gasteiger partial charge in [0.2, 0.25) is 0 Å². The summed E-state index contributed by atoms with van der Waals surface area (Å²) in [5, 5.41) is 2.45. The first-order valence-corrected chi connectivity index (χ1v) is 12.0. The van der Waals surface area contributed by atoms with Gasteiger partial charge in [-0.15, -0.1) is 11.3 Å². The van der Waals surface area contributed by atoms with Crippen LogP contribution in [-0.2, 0) is 6.42 Å². The first kappa shape index (κ1) is 20.3. The van der Waals surface area contributed by atoms with Crippen LogP contribution in [0.4, 0.5) is 4.39 Å². The van der Waals surface area contributed by atoms with E-state index >= 15 is 0 Å². The van der Waals surface area contributed by atoms with Gasteiger partial charge in [0, 0.05) is 21.0 Å². The van der Waals surface area contributed by atoms with Crippen LogP contribution in [0.3, 0.4) is 0 Å². The van der Waals surface area contributed by atoms with E-state index in [4.69, 9.17) is 9.40 Å². The molecular weight excluding hydrogens is 431 g/mol. The molecule has 3 nitrogen and oxygen atoms in total. The van der Waals surface area contributed by atoms with Crippen LogP contribution in [0.25, 0.3) is 53.5 Å². The van der Waals surface area contributed by atoms with E-state index in [0.29, 0.717) is 22.5 Å². The zero-order chi connectivity index (χ0) is 22.9. The first-order valence-electron chi connectivity index (χ1n) is 11.2. The van der Waals surface area contributed by atoms with E-state index in [1.165, 1.54) is 10.3 Å². The van der Waals surface area contributed by atoms with Gasteiger partial charge in [-0.2, -0.15) is 0 Å². The number of benzene rings is 3. The van der Waals surface area contributed by atoms with Gasteiger partial charge in [-0.25, -0.2) is 14.4 Å². The van der Waals surface area contributed by atoms with Gasteiger partial charge in [-0.05, 0) is 73.2 Å². The molecule has 0 saturated carbocycles. The van der Waals surface area contributed by atoms with Crippen LogP contribution in [0.5, 0.6) is 0 Å². The summed E-state index contributed by atoms with van der Waals surface area (Å²) in [6, 6.07) is 14.2. The zero-order valence-electron chi connectivity index (χ0n) is 19.0. The van der Waals surface area contributed by atoms with Crippen LogP contribution in [0.1, 0.15) is 30.5 Å². The van der Waals surface area contributed by atoms with Crippen molar-refractivity contribution in [2.75, 3.05) is 0 Å². The van der Waals surface area contributed by atoms with E-state index in [0.717, 1.165) is 49.8 Å². The predicted octanol–water partition coefficient (Wildman–Crippen LogP) is 8.37. The summed E-state index contributed by atoms with van der Waals surface area (Å²) in [7, 11) is 0. The van der Waals surface area contributed by atoms with Gasteiger partial charge in [0.1, 0.15) is 23.3 Å². The second-order valence-electron chi connectivity index (χ2n) is 9.34. The molecule has 0 N–H and O–H groups in total. The number of thiophene rings is 1. The standard InChI is InChI=1S/C28H23FN2OS/c1-14(2)7-17-5-6-18-23(12-17)33-28-25(18)30-13-31-26(28)20-9-15(3)8-19-24-21(29)10-16(4)11-22(24)32-27(19)20/h5-6,8-14H,7H2,1-4H3. The van der Waals surface area contributed by atoms with Crippen molar-refractivity contribution in [2.45, 2.75) is 34.1 Å². The summed E-state index contributed by atoms with van der Waals surface area (Å²) in [6.45, 7) is 8.37. The van der Waals surface area contributed by atoms with E-state index in [-0.39, 0.29) is 5.82 Å². The zero-order valence-corrected chi connectivity index (χ0v) is 19.8. The summed E-state index contributed by atoms with van der Waals surface area (Å²) in [4.78, 5) is 9.32. The minimum atomic E-state index is -0.257. The molecule has 3 heterocycles. The van der Waals surface area contributed by atoms with Gasteiger partial charge in [0.25, 0.3) is 0 Å². The highest BCUT2D eigenvalue weighted by atomic mass is 32.1. The molecule has 6 aromatic rings. The second kappa shape index (κ2) is 7.35. The molecule has 0 radical (unpaired) electrons. The Morgan fingerprint density at radius 1 is 0.970 bits per heavy atom. The van der Waals surface area contributed by atoms with Crippen LogP contribution < -0.4 is 0 Å². The minimum absolute atomic E-state index is 0.257. The minimum Gasteiger partial charge on any atom is -0.455 e. The van der Waals surface area contributed by atoms with Gasteiger partial charge < -0.3 is 4.42 Å². The number of nitrogens with zero attached hydrogens (tertiary/aromatic N) is 2. The molecular formula is C28H23FN2OS. The van der Waals surface area contributed by atoms with Crippen molar-refractivity contribution in [3.05, 3.63) is 71.3 Å². The molecule has 0 fully saturated rings. The van der Waals surface area contributed by atoms with Gasteiger partial charge in [0.05, 0.1) is 21.3 Å². The number of halogens is 1. The molecule has 164 valence electrons. The molecule has 0 unspecified atom stereocenters. The SMILES string of the molecule is Cc1cc(F)c2c(c1)oc1c(-c3ncnc4c3sc3cc(CC(C)C)ccc34)cc(C)cc12. The monoisotopic (exact) mass is 454 g/mol. The maximum absolute atomic E-state index is 14.9. The lowest BCUT2D eigenvalue weighted by molar-refractivity contribution is 0.632. The highest BCUT2D eigenvalue weighted by Crippen LogP contribution is 2.43. The number of rotatable bonds is 3. The Balaban J connectivity index is 1.66. The number of aryl methyl sites for hydroxylation is 2. The predicted molar refractivity (Wildman–Crippen MR) is 136 cm³/mol. The molecule has 0 atom stereocenters. The number of fused-ring (bicyclic) bond motifs is 6. The normalized spacial score (nSPS) is 12.2. The summed E-state index contributed by atoms with van der Waals surface area (Å²) >= 11 is 1.71. The highest BCUT2D eigenvalue weighted by Gasteiger charge is 2.20. The van der Waals surface area contributed by atoms with Crippen LogP contribution >= 0.6 is 11.3 Å². The number of furan rings is 1. The Hall–Kier alpha value is -3.31. The fraction of sp³-hybridized carbons (Fsp3) is 0.214. The molecule has 0 spiro atoms. The van der Waals surface area contributed by atoms with Crippen molar-refractivity contribution in [1.29, 1.82) is 0 Å². The molecule has 0 aliphatic rings. The topological polar surface area (TPSA) is 38.9 Å². The third-order valence-electron chi connectivity index (χ3n) is 6.13. The van der Waals surface area contributed by atoms with Crippen molar-refractivity contribution >= 4 is 53.6 Å². The van der Waals surface area contributed by atoms with Crippen LogP contribution in [0.2, 0.25) is 0 Å². The summed E-state index contributed by atoms with van der Waals surface area (Å²) < 4.78 is 23.4. The molecule has 0 aliphatic carbocycles. The lowest BCUT2D eigenvalue weighted by Crippen LogP contribution is -1.92. The molecule has 0 aliphatic heterocycles. The average Bonchev–Trinajstić information content (AvgIpc) is 3.30.